The number of rotatable bonds is 3. The Morgan fingerprint density at radius 2 is 2.31 bits per heavy atom. The number of anilines is 1. The van der Waals surface area contributed by atoms with E-state index in [0.29, 0.717) is 0 Å². The van der Waals surface area contributed by atoms with Crippen LogP contribution in [0.2, 0.25) is 0 Å². The van der Waals surface area contributed by atoms with Gasteiger partial charge in [-0.1, -0.05) is 0 Å². The van der Waals surface area contributed by atoms with Crippen LogP contribution in [0.5, 0.6) is 0 Å². The van der Waals surface area contributed by atoms with E-state index in [9.17, 15) is 0 Å². The SMILES string of the molecule is Cc1nc(CN(C)c2ncccc2Br)cs1. The molecule has 0 radical (unpaired) electrons. The maximum atomic E-state index is 4.44. The number of aryl methyl sites for hydroxylation is 1. The highest BCUT2D eigenvalue weighted by molar-refractivity contribution is 9.10. The molecule has 2 heterocycles. The molecular formula is C11H12BrN3S. The van der Waals surface area contributed by atoms with Gasteiger partial charge >= 0.3 is 0 Å². The summed E-state index contributed by atoms with van der Waals surface area (Å²) in [5, 5.41) is 3.19. The van der Waals surface area contributed by atoms with Gasteiger partial charge in [-0.3, -0.25) is 0 Å². The molecule has 0 saturated heterocycles. The number of nitrogens with zero attached hydrogens (tertiary/aromatic N) is 3. The van der Waals surface area contributed by atoms with Crippen molar-refractivity contribution in [3.05, 3.63) is 38.9 Å². The fraction of sp³-hybridized carbons (Fsp3) is 0.273. The van der Waals surface area contributed by atoms with Crippen molar-refractivity contribution in [3.63, 3.8) is 0 Å². The van der Waals surface area contributed by atoms with E-state index in [-0.39, 0.29) is 0 Å². The molecule has 5 heteroatoms. The third-order valence-corrected chi connectivity index (χ3v) is 3.61. The van der Waals surface area contributed by atoms with Crippen LogP contribution in [0.3, 0.4) is 0 Å². The monoisotopic (exact) mass is 297 g/mol. The molecule has 0 amide bonds. The number of halogens is 1. The Morgan fingerprint density at radius 1 is 1.50 bits per heavy atom. The minimum atomic E-state index is 0.778. The molecule has 2 aromatic heterocycles. The first-order valence-electron chi connectivity index (χ1n) is 4.89. The summed E-state index contributed by atoms with van der Waals surface area (Å²) in [5.74, 6) is 0.938. The summed E-state index contributed by atoms with van der Waals surface area (Å²) < 4.78 is 1.00. The first-order valence-corrected chi connectivity index (χ1v) is 6.57. The minimum absolute atomic E-state index is 0.778. The van der Waals surface area contributed by atoms with Crippen molar-refractivity contribution in [1.82, 2.24) is 9.97 Å². The lowest BCUT2D eigenvalue weighted by atomic mass is 10.4. The molecule has 0 aromatic carbocycles. The molecule has 84 valence electrons. The van der Waals surface area contributed by atoms with E-state index >= 15 is 0 Å². The highest BCUT2D eigenvalue weighted by Gasteiger charge is 2.08. The summed E-state index contributed by atoms with van der Waals surface area (Å²) in [5.41, 5.74) is 1.09. The second-order valence-corrected chi connectivity index (χ2v) is 5.44. The summed E-state index contributed by atoms with van der Waals surface area (Å²) in [7, 11) is 2.02. The molecule has 0 unspecified atom stereocenters. The lowest BCUT2D eigenvalue weighted by Crippen LogP contribution is -2.18. The Kier molecular flexibility index (Phi) is 3.56. The van der Waals surface area contributed by atoms with Gasteiger partial charge in [-0.15, -0.1) is 11.3 Å². The summed E-state index contributed by atoms with van der Waals surface area (Å²) in [4.78, 5) is 10.9. The predicted molar refractivity (Wildman–Crippen MR) is 70.9 cm³/mol. The lowest BCUT2D eigenvalue weighted by Gasteiger charge is -2.17. The summed E-state index contributed by atoms with van der Waals surface area (Å²) in [6.45, 7) is 2.80. The smallest absolute Gasteiger partial charge is 0.142 e. The van der Waals surface area contributed by atoms with Gasteiger partial charge in [-0.25, -0.2) is 9.97 Å². The van der Waals surface area contributed by atoms with E-state index in [1.165, 1.54) is 0 Å². The number of hydrogen-bond acceptors (Lipinski definition) is 4. The van der Waals surface area contributed by atoms with Gasteiger partial charge in [0.2, 0.25) is 0 Å². The molecule has 0 spiro atoms. The van der Waals surface area contributed by atoms with Gasteiger partial charge < -0.3 is 4.90 Å². The van der Waals surface area contributed by atoms with E-state index in [1.807, 2.05) is 26.1 Å². The molecule has 16 heavy (non-hydrogen) atoms. The highest BCUT2D eigenvalue weighted by atomic mass is 79.9. The Morgan fingerprint density at radius 3 is 2.94 bits per heavy atom. The average molecular weight is 298 g/mol. The van der Waals surface area contributed by atoms with Crippen molar-refractivity contribution < 1.29 is 0 Å². The zero-order chi connectivity index (χ0) is 11.5. The van der Waals surface area contributed by atoms with Gasteiger partial charge in [0.15, 0.2) is 0 Å². The Labute approximate surface area is 107 Å². The summed E-state index contributed by atoms with van der Waals surface area (Å²) in [6.07, 6.45) is 1.79. The Bertz CT molecular complexity index is 484. The number of pyridine rings is 1. The first-order chi connectivity index (χ1) is 7.66. The van der Waals surface area contributed by atoms with E-state index < -0.39 is 0 Å². The topological polar surface area (TPSA) is 29.0 Å². The summed E-state index contributed by atoms with van der Waals surface area (Å²) in [6, 6.07) is 3.90. The fourth-order valence-corrected chi connectivity index (χ4v) is 2.62. The standard InChI is InChI=1S/C11H12BrN3S/c1-8-14-9(7-16-8)6-15(2)11-10(12)4-3-5-13-11/h3-5,7H,6H2,1-2H3. The first kappa shape index (κ1) is 11.5. The van der Waals surface area contributed by atoms with Crippen molar-refractivity contribution in [2.24, 2.45) is 0 Å². The molecule has 2 aromatic rings. The van der Waals surface area contributed by atoms with Gasteiger partial charge in [0, 0.05) is 18.6 Å². The molecule has 0 aliphatic heterocycles. The van der Waals surface area contributed by atoms with E-state index in [1.54, 1.807) is 17.5 Å². The third-order valence-electron chi connectivity index (χ3n) is 2.17. The largest absolute Gasteiger partial charge is 0.353 e. The second-order valence-electron chi connectivity index (χ2n) is 3.52. The maximum Gasteiger partial charge on any atom is 0.142 e. The van der Waals surface area contributed by atoms with Crippen LogP contribution in [-0.4, -0.2) is 17.0 Å². The molecule has 0 saturated carbocycles. The molecule has 0 fully saturated rings. The number of hydrogen-bond donors (Lipinski definition) is 0. The van der Waals surface area contributed by atoms with Gasteiger partial charge in [0.05, 0.1) is 21.7 Å². The molecule has 0 N–H and O–H groups in total. The van der Waals surface area contributed by atoms with Crippen molar-refractivity contribution in [2.45, 2.75) is 13.5 Å². The van der Waals surface area contributed by atoms with Crippen LogP contribution in [0.15, 0.2) is 28.2 Å². The maximum absolute atomic E-state index is 4.44. The zero-order valence-electron chi connectivity index (χ0n) is 9.14. The Hall–Kier alpha value is -0.940. The minimum Gasteiger partial charge on any atom is -0.353 e. The normalized spacial score (nSPS) is 10.4. The van der Waals surface area contributed by atoms with Crippen LogP contribution < -0.4 is 4.90 Å². The van der Waals surface area contributed by atoms with E-state index in [4.69, 9.17) is 0 Å². The van der Waals surface area contributed by atoms with Gasteiger partial charge in [0.25, 0.3) is 0 Å². The molecule has 3 nitrogen and oxygen atoms in total. The van der Waals surface area contributed by atoms with Crippen LogP contribution in [0.1, 0.15) is 10.7 Å². The fourth-order valence-electron chi connectivity index (χ4n) is 1.46. The van der Waals surface area contributed by atoms with Crippen LogP contribution in [-0.2, 0) is 6.54 Å². The zero-order valence-corrected chi connectivity index (χ0v) is 11.5. The quantitative estimate of drug-likeness (QED) is 0.871. The van der Waals surface area contributed by atoms with Gasteiger partial charge in [-0.05, 0) is 35.0 Å². The molecule has 0 atom stereocenters. The van der Waals surface area contributed by atoms with Crippen molar-refractivity contribution in [1.29, 1.82) is 0 Å². The van der Waals surface area contributed by atoms with Gasteiger partial charge in [-0.2, -0.15) is 0 Å². The van der Waals surface area contributed by atoms with Gasteiger partial charge in [0.1, 0.15) is 5.82 Å². The average Bonchev–Trinajstić information content (AvgIpc) is 2.64. The van der Waals surface area contributed by atoms with Crippen LogP contribution in [0.4, 0.5) is 5.82 Å². The number of aromatic nitrogens is 2. The molecule has 2 rings (SSSR count). The summed E-state index contributed by atoms with van der Waals surface area (Å²) >= 11 is 5.17. The third kappa shape index (κ3) is 2.59. The molecular weight excluding hydrogens is 286 g/mol. The molecule has 0 aliphatic carbocycles. The van der Waals surface area contributed by atoms with Crippen molar-refractivity contribution in [2.75, 3.05) is 11.9 Å². The van der Waals surface area contributed by atoms with E-state index in [2.05, 4.69) is 36.2 Å². The van der Waals surface area contributed by atoms with Crippen LogP contribution >= 0.6 is 27.3 Å². The second kappa shape index (κ2) is 4.93. The molecule has 0 aliphatic rings. The van der Waals surface area contributed by atoms with Crippen LogP contribution in [0.25, 0.3) is 0 Å². The van der Waals surface area contributed by atoms with E-state index in [0.717, 1.165) is 27.5 Å². The van der Waals surface area contributed by atoms with Crippen molar-refractivity contribution >= 4 is 33.1 Å². The Balaban J connectivity index is 2.14. The highest BCUT2D eigenvalue weighted by Crippen LogP contribution is 2.23. The number of thiazole rings is 1. The van der Waals surface area contributed by atoms with Crippen molar-refractivity contribution in [3.8, 4) is 0 Å². The van der Waals surface area contributed by atoms with Crippen LogP contribution in [0, 0.1) is 6.92 Å². The predicted octanol–water partition coefficient (Wildman–Crippen LogP) is 3.25. The lowest BCUT2D eigenvalue weighted by molar-refractivity contribution is 0.867. The molecule has 0 bridgehead atoms.